The zero-order chi connectivity index (χ0) is 15.5. The zero-order valence-electron chi connectivity index (χ0n) is 12.6. The molecule has 0 heterocycles. The van der Waals surface area contributed by atoms with Crippen molar-refractivity contribution in [2.75, 3.05) is 5.75 Å². The van der Waals surface area contributed by atoms with E-state index in [1.54, 1.807) is 0 Å². The molecule has 0 aromatic heterocycles. The maximum atomic E-state index is 11.6. The molecule has 1 N–H and O–H groups in total. The Kier molecular flexibility index (Phi) is 8.41. The van der Waals surface area contributed by atoms with Crippen molar-refractivity contribution in [2.24, 2.45) is 5.92 Å². The van der Waals surface area contributed by atoms with Gasteiger partial charge in [0.2, 0.25) is 5.91 Å². The molecule has 0 radical (unpaired) electrons. The molecule has 0 saturated heterocycles. The van der Waals surface area contributed by atoms with Crippen molar-refractivity contribution < 1.29 is 57.2 Å². The van der Waals surface area contributed by atoms with Crippen LogP contribution in [-0.2, 0) is 19.7 Å². The van der Waals surface area contributed by atoms with E-state index in [1.807, 2.05) is 0 Å². The number of carboxylic acid groups (broad SMARTS) is 1. The van der Waals surface area contributed by atoms with Gasteiger partial charge in [-0.3, -0.25) is 4.79 Å². The molecular weight excluding hydrogens is 309 g/mol. The summed E-state index contributed by atoms with van der Waals surface area (Å²) < 4.78 is 32.2. The molecule has 7 nitrogen and oxygen atoms in total. The van der Waals surface area contributed by atoms with Crippen LogP contribution < -0.4 is 29.6 Å². The standard InChI is InChI=1S/C12H21NO6S.Na/c1-8(12(15)16)13(9(2)14)11-5-3-10(4-6-11)7-20(17,18)19;/h8,10-11H,3-7H2,1-2H3,(H,15,16)(H,17,18,19);/q;+1/p-1/t8-,10?,11?;/m0./s1. The number of hydrogen-bond donors (Lipinski definition) is 1. The molecule has 1 aliphatic rings. The summed E-state index contributed by atoms with van der Waals surface area (Å²) in [6.45, 7) is 2.78. The van der Waals surface area contributed by atoms with Crippen LogP contribution in [0.1, 0.15) is 39.5 Å². The van der Waals surface area contributed by atoms with Gasteiger partial charge in [0.05, 0.1) is 10.1 Å². The van der Waals surface area contributed by atoms with Gasteiger partial charge in [-0.15, -0.1) is 0 Å². The first-order valence-corrected chi connectivity index (χ1v) is 8.15. The molecule has 1 atom stereocenters. The maximum Gasteiger partial charge on any atom is 1.00 e. The van der Waals surface area contributed by atoms with Gasteiger partial charge in [-0.25, -0.2) is 13.2 Å². The van der Waals surface area contributed by atoms with E-state index in [-0.39, 0.29) is 53.2 Å². The van der Waals surface area contributed by atoms with Crippen molar-refractivity contribution in [3.8, 4) is 0 Å². The Balaban J connectivity index is 0.00000400. The fraction of sp³-hybridized carbons (Fsp3) is 0.833. The van der Waals surface area contributed by atoms with Gasteiger partial charge < -0.3 is 14.6 Å². The van der Waals surface area contributed by atoms with Crippen molar-refractivity contribution in [1.29, 1.82) is 0 Å². The van der Waals surface area contributed by atoms with Crippen LogP contribution in [0.4, 0.5) is 0 Å². The van der Waals surface area contributed by atoms with E-state index < -0.39 is 22.1 Å². The zero-order valence-corrected chi connectivity index (χ0v) is 15.4. The second kappa shape index (κ2) is 8.47. The molecule has 1 rings (SSSR count). The Morgan fingerprint density at radius 2 is 1.76 bits per heavy atom. The maximum absolute atomic E-state index is 11.6. The molecule has 1 saturated carbocycles. The summed E-state index contributed by atoms with van der Waals surface area (Å²) >= 11 is 0. The molecule has 0 aromatic carbocycles. The molecule has 0 bridgehead atoms. The van der Waals surface area contributed by atoms with Crippen molar-refractivity contribution >= 4 is 22.0 Å². The number of hydrogen-bond acceptors (Lipinski definition) is 5. The normalized spacial score (nSPS) is 23.8. The largest absolute Gasteiger partial charge is 1.00 e. The van der Waals surface area contributed by atoms with Crippen LogP contribution in [0.2, 0.25) is 0 Å². The average Bonchev–Trinajstić information content (AvgIpc) is 2.29. The molecular formula is C12H20NNaO6S. The Morgan fingerprint density at radius 1 is 1.29 bits per heavy atom. The summed E-state index contributed by atoms with van der Waals surface area (Å²) in [5, 5.41) is 9.02. The summed E-state index contributed by atoms with van der Waals surface area (Å²) in [6, 6.07) is -1.11. The van der Waals surface area contributed by atoms with E-state index in [0.29, 0.717) is 25.7 Å². The van der Waals surface area contributed by atoms with Crippen LogP contribution in [0.5, 0.6) is 0 Å². The third kappa shape index (κ3) is 6.65. The smallest absolute Gasteiger partial charge is 0.748 e. The molecule has 1 amide bonds. The van der Waals surface area contributed by atoms with Crippen molar-refractivity contribution in [1.82, 2.24) is 4.90 Å². The predicted octanol–water partition coefficient (Wildman–Crippen LogP) is -2.58. The van der Waals surface area contributed by atoms with E-state index in [1.165, 1.54) is 18.7 Å². The number of carbonyl (C=O) groups is 2. The van der Waals surface area contributed by atoms with Gasteiger partial charge in [-0.05, 0) is 38.5 Å². The predicted molar refractivity (Wildman–Crippen MR) is 69.9 cm³/mol. The van der Waals surface area contributed by atoms with E-state index in [2.05, 4.69) is 0 Å². The molecule has 116 valence electrons. The van der Waals surface area contributed by atoms with Crippen LogP contribution >= 0.6 is 0 Å². The van der Waals surface area contributed by atoms with E-state index >= 15 is 0 Å². The van der Waals surface area contributed by atoms with Gasteiger partial charge in [0.15, 0.2) is 0 Å². The van der Waals surface area contributed by atoms with E-state index in [4.69, 9.17) is 5.11 Å². The van der Waals surface area contributed by atoms with Crippen LogP contribution in [0.15, 0.2) is 0 Å². The fourth-order valence-corrected chi connectivity index (χ4v) is 3.75. The molecule has 0 spiro atoms. The minimum absolute atomic E-state index is 0. The number of nitrogens with zero attached hydrogens (tertiary/aromatic N) is 1. The SMILES string of the molecule is CC(=O)N(C1CCC(CS(=O)(=O)[O-])CC1)[C@@H](C)C(=O)O.[Na+]. The van der Waals surface area contributed by atoms with Gasteiger partial charge in [-0.2, -0.15) is 0 Å². The molecule has 0 aliphatic heterocycles. The molecule has 21 heavy (non-hydrogen) atoms. The number of carboxylic acids is 1. The summed E-state index contributed by atoms with van der Waals surface area (Å²) in [5.41, 5.74) is 0. The summed E-state index contributed by atoms with van der Waals surface area (Å²) in [7, 11) is -4.23. The quantitative estimate of drug-likeness (QED) is 0.437. The third-order valence-corrected chi connectivity index (χ3v) is 4.67. The first-order chi connectivity index (χ1) is 9.11. The molecule has 9 heteroatoms. The van der Waals surface area contributed by atoms with Crippen LogP contribution in [0.3, 0.4) is 0 Å². The first-order valence-electron chi connectivity index (χ1n) is 6.57. The van der Waals surface area contributed by atoms with Gasteiger partial charge in [-0.1, -0.05) is 0 Å². The first kappa shape index (κ1) is 20.9. The van der Waals surface area contributed by atoms with Crippen molar-refractivity contribution in [3.05, 3.63) is 0 Å². The molecule has 1 fully saturated rings. The van der Waals surface area contributed by atoms with Crippen molar-refractivity contribution in [2.45, 2.75) is 51.6 Å². The Morgan fingerprint density at radius 3 is 2.10 bits per heavy atom. The Bertz CT molecular complexity index is 472. The molecule has 0 aromatic rings. The summed E-state index contributed by atoms with van der Waals surface area (Å²) in [6.07, 6.45) is 2.08. The third-order valence-electron chi connectivity index (χ3n) is 3.79. The monoisotopic (exact) mass is 329 g/mol. The van der Waals surface area contributed by atoms with Crippen molar-refractivity contribution in [3.63, 3.8) is 0 Å². The summed E-state index contributed by atoms with van der Waals surface area (Å²) in [4.78, 5) is 24.0. The van der Waals surface area contributed by atoms with Gasteiger partial charge in [0, 0.05) is 18.7 Å². The minimum Gasteiger partial charge on any atom is -0.748 e. The topological polar surface area (TPSA) is 115 Å². The number of aliphatic carboxylic acids is 1. The van der Waals surface area contributed by atoms with E-state index in [9.17, 15) is 22.6 Å². The van der Waals surface area contributed by atoms with E-state index in [0.717, 1.165) is 0 Å². The Hall–Kier alpha value is -0.150. The van der Waals surface area contributed by atoms with Gasteiger partial charge >= 0.3 is 35.5 Å². The van der Waals surface area contributed by atoms with Gasteiger partial charge in [0.25, 0.3) is 0 Å². The van der Waals surface area contributed by atoms with Crippen LogP contribution in [0.25, 0.3) is 0 Å². The second-order valence-electron chi connectivity index (χ2n) is 5.34. The number of rotatable bonds is 5. The molecule has 1 aliphatic carbocycles. The number of carbonyl (C=O) groups excluding carboxylic acids is 1. The summed E-state index contributed by atoms with van der Waals surface area (Å²) in [5.74, 6) is -1.94. The minimum atomic E-state index is -4.23. The van der Waals surface area contributed by atoms with Crippen LogP contribution in [-0.4, -0.2) is 52.7 Å². The average molecular weight is 329 g/mol. The Labute approximate surface area is 147 Å². The molecule has 0 unspecified atom stereocenters. The van der Waals surface area contributed by atoms with Gasteiger partial charge in [0.1, 0.15) is 6.04 Å². The fourth-order valence-electron chi connectivity index (χ4n) is 2.84. The number of amides is 1. The van der Waals surface area contributed by atoms with Crippen LogP contribution in [0, 0.1) is 5.92 Å². The second-order valence-corrected chi connectivity index (χ2v) is 6.79.